The second-order valence-electron chi connectivity index (χ2n) is 7.48. The van der Waals surface area contributed by atoms with E-state index in [1.807, 2.05) is 31.2 Å². The molecule has 1 amide bonds. The van der Waals surface area contributed by atoms with Crippen LogP contribution >= 0.6 is 0 Å². The first-order valence-electron chi connectivity index (χ1n) is 10.2. The fraction of sp³-hybridized carbons (Fsp3) is 0.391. The van der Waals surface area contributed by atoms with E-state index in [1.54, 1.807) is 17.0 Å². The minimum absolute atomic E-state index is 0.0129. The number of ether oxygens (including phenoxy) is 1. The number of rotatable bonds is 6. The quantitative estimate of drug-likeness (QED) is 0.724. The van der Waals surface area contributed by atoms with E-state index in [0.29, 0.717) is 12.4 Å². The number of hydrogen-bond acceptors (Lipinski definition) is 5. The maximum Gasteiger partial charge on any atom is 0.290 e. The van der Waals surface area contributed by atoms with Gasteiger partial charge in [-0.25, -0.2) is 0 Å². The van der Waals surface area contributed by atoms with E-state index in [1.165, 1.54) is 6.26 Å². The Hall–Kier alpha value is -3.02. The molecule has 1 fully saturated rings. The van der Waals surface area contributed by atoms with E-state index in [-0.39, 0.29) is 17.4 Å². The lowest BCUT2D eigenvalue weighted by Crippen LogP contribution is -2.41. The molecule has 2 heterocycles. The Kier molecular flexibility index (Phi) is 5.43. The minimum Gasteiger partial charge on any atom is -0.503 e. The topological polar surface area (TPSA) is 80.0 Å². The highest BCUT2D eigenvalue weighted by Crippen LogP contribution is 2.43. The number of hydrogen-bond donors (Lipinski definition) is 1. The molecule has 0 spiro atoms. The number of benzene rings is 1. The van der Waals surface area contributed by atoms with Gasteiger partial charge in [-0.1, -0.05) is 31.4 Å². The zero-order valence-electron chi connectivity index (χ0n) is 16.5. The molecular formula is C23H25NO5. The molecule has 1 aromatic carbocycles. The third-order valence-electron chi connectivity index (χ3n) is 5.69. The summed E-state index contributed by atoms with van der Waals surface area (Å²) in [6, 6.07) is 9.87. The zero-order chi connectivity index (χ0) is 20.4. The molecule has 1 N–H and O–H groups in total. The molecule has 6 nitrogen and oxygen atoms in total. The summed E-state index contributed by atoms with van der Waals surface area (Å²) >= 11 is 0. The van der Waals surface area contributed by atoms with Crippen molar-refractivity contribution in [2.75, 3.05) is 6.61 Å². The molecule has 0 saturated heterocycles. The van der Waals surface area contributed by atoms with Gasteiger partial charge in [0.15, 0.2) is 11.5 Å². The van der Waals surface area contributed by atoms with Crippen molar-refractivity contribution in [3.05, 3.63) is 65.3 Å². The average Bonchev–Trinajstić information content (AvgIpc) is 3.36. The van der Waals surface area contributed by atoms with Gasteiger partial charge in [-0.2, -0.15) is 0 Å². The Morgan fingerprint density at radius 3 is 2.69 bits per heavy atom. The van der Waals surface area contributed by atoms with Crippen LogP contribution in [-0.2, 0) is 4.79 Å². The number of furan rings is 1. The Bertz CT molecular complexity index is 925. The Balaban J connectivity index is 1.80. The van der Waals surface area contributed by atoms with Crippen LogP contribution in [0.5, 0.6) is 5.75 Å². The van der Waals surface area contributed by atoms with Gasteiger partial charge < -0.3 is 19.2 Å². The molecule has 1 aromatic heterocycles. The Labute approximate surface area is 169 Å². The molecule has 4 rings (SSSR count). The van der Waals surface area contributed by atoms with Gasteiger partial charge in [-0.3, -0.25) is 9.59 Å². The summed E-state index contributed by atoms with van der Waals surface area (Å²) in [5.41, 5.74) is 0.818. The largest absolute Gasteiger partial charge is 0.503 e. The number of ketones is 1. The van der Waals surface area contributed by atoms with E-state index in [2.05, 4.69) is 0 Å². The molecular weight excluding hydrogens is 370 g/mol. The molecule has 0 radical (unpaired) electrons. The fourth-order valence-electron chi connectivity index (χ4n) is 4.40. The molecule has 1 atom stereocenters. The highest BCUT2D eigenvalue weighted by molar-refractivity contribution is 6.15. The summed E-state index contributed by atoms with van der Waals surface area (Å²) < 4.78 is 10.9. The van der Waals surface area contributed by atoms with Crippen LogP contribution in [0.2, 0.25) is 0 Å². The van der Waals surface area contributed by atoms with Crippen molar-refractivity contribution in [2.24, 2.45) is 0 Å². The highest BCUT2D eigenvalue weighted by Gasteiger charge is 2.47. The molecule has 29 heavy (non-hydrogen) atoms. The maximum absolute atomic E-state index is 13.2. The molecule has 152 valence electrons. The van der Waals surface area contributed by atoms with Crippen molar-refractivity contribution in [2.45, 2.75) is 51.1 Å². The van der Waals surface area contributed by atoms with Crippen molar-refractivity contribution in [1.29, 1.82) is 0 Å². The lowest BCUT2D eigenvalue weighted by molar-refractivity contribution is -0.132. The van der Waals surface area contributed by atoms with Crippen LogP contribution in [0.25, 0.3) is 0 Å². The van der Waals surface area contributed by atoms with Crippen LogP contribution in [0.15, 0.2) is 58.4 Å². The van der Waals surface area contributed by atoms with Gasteiger partial charge in [0.05, 0.1) is 24.5 Å². The summed E-state index contributed by atoms with van der Waals surface area (Å²) in [4.78, 5) is 27.9. The predicted octanol–water partition coefficient (Wildman–Crippen LogP) is 4.59. The average molecular weight is 395 g/mol. The van der Waals surface area contributed by atoms with E-state index in [9.17, 15) is 14.7 Å². The van der Waals surface area contributed by atoms with E-state index < -0.39 is 23.5 Å². The van der Waals surface area contributed by atoms with Gasteiger partial charge in [0.2, 0.25) is 5.78 Å². The van der Waals surface area contributed by atoms with Crippen molar-refractivity contribution in [3.63, 3.8) is 0 Å². The number of Topliss-reactive ketones (excluding diaryl/α,β-unsaturated/α-hetero) is 1. The summed E-state index contributed by atoms with van der Waals surface area (Å²) in [5.74, 6) is -0.665. The normalized spacial score (nSPS) is 20.4. The Morgan fingerprint density at radius 2 is 2.00 bits per heavy atom. The van der Waals surface area contributed by atoms with Gasteiger partial charge in [0.25, 0.3) is 5.91 Å². The smallest absolute Gasteiger partial charge is 0.290 e. The molecule has 2 aliphatic rings. The number of aliphatic hydroxyl groups excluding tert-OH is 1. The SMILES string of the molecule is CCOc1cccc(C2C(C(=O)c3ccco3)=C(O)C(=O)N2C2CCCCC2)c1. The van der Waals surface area contributed by atoms with Crippen molar-refractivity contribution in [3.8, 4) is 5.75 Å². The summed E-state index contributed by atoms with van der Waals surface area (Å²) in [6.07, 6.45) is 6.34. The van der Waals surface area contributed by atoms with Crippen LogP contribution in [0.1, 0.15) is 61.2 Å². The molecule has 1 aliphatic carbocycles. The van der Waals surface area contributed by atoms with Crippen molar-refractivity contribution >= 4 is 11.7 Å². The predicted molar refractivity (Wildman–Crippen MR) is 107 cm³/mol. The van der Waals surface area contributed by atoms with Crippen LogP contribution in [0.3, 0.4) is 0 Å². The van der Waals surface area contributed by atoms with Gasteiger partial charge in [0, 0.05) is 6.04 Å². The lowest BCUT2D eigenvalue weighted by atomic mass is 9.90. The second-order valence-corrected chi connectivity index (χ2v) is 7.48. The summed E-state index contributed by atoms with van der Waals surface area (Å²) in [6.45, 7) is 2.41. The molecule has 6 heteroatoms. The lowest BCUT2D eigenvalue weighted by Gasteiger charge is -2.36. The number of nitrogens with zero attached hydrogens (tertiary/aromatic N) is 1. The Morgan fingerprint density at radius 1 is 1.21 bits per heavy atom. The molecule has 2 aromatic rings. The highest BCUT2D eigenvalue weighted by atomic mass is 16.5. The number of carbonyl (C=O) groups excluding carboxylic acids is 2. The number of aliphatic hydroxyl groups is 1. The molecule has 1 saturated carbocycles. The zero-order valence-corrected chi connectivity index (χ0v) is 16.5. The monoisotopic (exact) mass is 395 g/mol. The van der Waals surface area contributed by atoms with Crippen LogP contribution in [0, 0.1) is 0 Å². The fourth-order valence-corrected chi connectivity index (χ4v) is 4.40. The number of carbonyl (C=O) groups is 2. The van der Waals surface area contributed by atoms with Crippen LogP contribution in [0.4, 0.5) is 0 Å². The summed E-state index contributed by atoms with van der Waals surface area (Å²) in [5, 5.41) is 10.7. The first-order valence-corrected chi connectivity index (χ1v) is 10.2. The second kappa shape index (κ2) is 8.15. The van der Waals surface area contributed by atoms with E-state index >= 15 is 0 Å². The van der Waals surface area contributed by atoms with Crippen LogP contribution in [-0.4, -0.2) is 34.3 Å². The standard InChI is InChI=1S/C23H25NO5/c1-2-28-17-11-6-8-15(14-17)20-19(21(25)18-12-7-13-29-18)22(26)23(27)24(20)16-9-4-3-5-10-16/h6-8,11-14,16,20,26H,2-5,9-10H2,1H3. The van der Waals surface area contributed by atoms with E-state index in [4.69, 9.17) is 9.15 Å². The van der Waals surface area contributed by atoms with Gasteiger partial charge in [0.1, 0.15) is 5.75 Å². The summed E-state index contributed by atoms with van der Waals surface area (Å²) in [7, 11) is 0. The minimum atomic E-state index is -0.663. The van der Waals surface area contributed by atoms with Gasteiger partial charge in [-0.05, 0) is 49.6 Å². The maximum atomic E-state index is 13.2. The number of amides is 1. The van der Waals surface area contributed by atoms with Crippen molar-refractivity contribution in [1.82, 2.24) is 4.90 Å². The molecule has 0 bridgehead atoms. The first-order chi connectivity index (χ1) is 14.1. The third kappa shape index (κ3) is 3.55. The van der Waals surface area contributed by atoms with Gasteiger partial charge in [-0.15, -0.1) is 0 Å². The molecule has 1 unspecified atom stereocenters. The van der Waals surface area contributed by atoms with Crippen LogP contribution < -0.4 is 4.74 Å². The van der Waals surface area contributed by atoms with E-state index in [0.717, 1.165) is 37.7 Å². The van der Waals surface area contributed by atoms with Crippen molar-refractivity contribution < 1.29 is 23.8 Å². The first kappa shape index (κ1) is 19.3. The van der Waals surface area contributed by atoms with Gasteiger partial charge >= 0.3 is 0 Å². The third-order valence-corrected chi connectivity index (χ3v) is 5.69. The molecule has 1 aliphatic heterocycles.